The van der Waals surface area contributed by atoms with E-state index in [0.717, 1.165) is 4.90 Å². The van der Waals surface area contributed by atoms with Gasteiger partial charge in [-0.3, -0.25) is 29.0 Å². The fourth-order valence-electron chi connectivity index (χ4n) is 5.41. The van der Waals surface area contributed by atoms with Gasteiger partial charge in [0.25, 0.3) is 0 Å². The molecule has 1 heterocycles. The van der Waals surface area contributed by atoms with Crippen LogP contribution in [0.25, 0.3) is 0 Å². The van der Waals surface area contributed by atoms with Crippen molar-refractivity contribution in [2.24, 2.45) is 28.1 Å². The zero-order chi connectivity index (χ0) is 39.0. The number of aliphatic hydroxyl groups is 1. The van der Waals surface area contributed by atoms with Crippen molar-refractivity contribution in [1.29, 1.82) is 0 Å². The van der Waals surface area contributed by atoms with Crippen molar-refractivity contribution >= 4 is 53.2 Å². The molecule has 0 aromatic heterocycles. The first-order chi connectivity index (χ1) is 24.6. The summed E-state index contributed by atoms with van der Waals surface area (Å²) in [5.41, 5.74) is 17.3. The van der Waals surface area contributed by atoms with Crippen LogP contribution in [0.2, 0.25) is 0 Å². The number of nitrogens with two attached hydrogens (primary N) is 3. The Morgan fingerprint density at radius 2 is 1.46 bits per heavy atom. The fourth-order valence-corrected chi connectivity index (χ4v) is 5.89. The molecular weight excluding hydrogens is 698 g/mol. The number of nitrogens with zero attached hydrogens (tertiary/aromatic N) is 2. The largest absolute Gasteiger partial charge is 0.508 e. The monoisotopic (exact) mass is 751 g/mol. The lowest BCUT2D eigenvalue weighted by Crippen LogP contribution is -2.60. The first-order valence-corrected chi connectivity index (χ1v) is 18.4. The number of phenolic OH excluding ortho intramolecular Hbond substituents is 1. The predicted molar refractivity (Wildman–Crippen MR) is 195 cm³/mol. The number of benzene rings is 1. The van der Waals surface area contributed by atoms with Gasteiger partial charge in [0.2, 0.25) is 29.5 Å². The molecule has 1 aliphatic heterocycles. The summed E-state index contributed by atoms with van der Waals surface area (Å²) in [6.45, 7) is 2.98. The highest BCUT2D eigenvalue weighted by Gasteiger charge is 2.38. The molecule has 18 nitrogen and oxygen atoms in total. The van der Waals surface area contributed by atoms with Gasteiger partial charge in [-0.2, -0.15) is 11.8 Å². The summed E-state index contributed by atoms with van der Waals surface area (Å²) in [6.07, 6.45) is 2.89. The first-order valence-electron chi connectivity index (χ1n) is 17.0. The van der Waals surface area contributed by atoms with E-state index in [1.54, 1.807) is 20.1 Å². The molecule has 6 atom stereocenters. The second-order valence-electron chi connectivity index (χ2n) is 12.8. The number of aliphatic imine (C=N–C) groups is 1. The molecule has 1 aliphatic rings. The lowest BCUT2D eigenvalue weighted by Gasteiger charge is -2.29. The summed E-state index contributed by atoms with van der Waals surface area (Å²) in [4.78, 5) is 83.9. The molecule has 0 aliphatic carbocycles. The van der Waals surface area contributed by atoms with Crippen molar-refractivity contribution in [2.45, 2.75) is 88.6 Å². The number of hydrogen-bond acceptors (Lipinski definition) is 11. The molecule has 5 amide bonds. The third-order valence-corrected chi connectivity index (χ3v) is 9.11. The third-order valence-electron chi connectivity index (χ3n) is 8.47. The van der Waals surface area contributed by atoms with E-state index in [1.807, 2.05) is 0 Å². The standard InChI is InChI=1S/C33H53N9O9S/c1-18(2)26(34)30(48)39-21(6-4-13-37-33(35)36)27(45)38-22(12-15-52-3)28(46)40-23(16-19-8-10-20(44)11-9-19)29(47)41-24(17-43)31(49)42-14-5-7-25(42)32(50)51/h8-11,18,21-26,43-44H,4-7,12-17,34H2,1-3H3,(H,38,45)(H,39,48)(H,40,46)(H,41,47)(H,50,51)(H4,35,36,37)/t21-,22-,23-,24-,25-,26-/m0/s1. The summed E-state index contributed by atoms with van der Waals surface area (Å²) < 4.78 is 0. The Morgan fingerprint density at radius 1 is 0.904 bits per heavy atom. The number of carboxylic acids is 1. The molecule has 0 saturated carbocycles. The van der Waals surface area contributed by atoms with E-state index in [-0.39, 0.29) is 56.4 Å². The van der Waals surface area contributed by atoms with Gasteiger partial charge in [0.1, 0.15) is 36.0 Å². The Bertz CT molecular complexity index is 1410. The minimum atomic E-state index is -1.50. The number of amides is 5. The Kier molecular flexibility index (Phi) is 18.2. The van der Waals surface area contributed by atoms with Gasteiger partial charge in [0.05, 0.1) is 12.6 Å². The maximum absolute atomic E-state index is 13.8. The third kappa shape index (κ3) is 13.8. The van der Waals surface area contributed by atoms with Crippen molar-refractivity contribution in [2.75, 3.05) is 31.7 Å². The van der Waals surface area contributed by atoms with Crippen molar-refractivity contribution in [1.82, 2.24) is 26.2 Å². The van der Waals surface area contributed by atoms with Crippen LogP contribution in [-0.2, 0) is 35.2 Å². The molecule has 2 rings (SSSR count). The van der Waals surface area contributed by atoms with Gasteiger partial charge in [-0.1, -0.05) is 26.0 Å². The average molecular weight is 752 g/mol. The summed E-state index contributed by atoms with van der Waals surface area (Å²) >= 11 is 1.41. The van der Waals surface area contributed by atoms with E-state index in [9.17, 15) is 44.1 Å². The van der Waals surface area contributed by atoms with Gasteiger partial charge in [-0.05, 0) is 67.7 Å². The van der Waals surface area contributed by atoms with Crippen LogP contribution in [-0.4, -0.2) is 130 Å². The highest BCUT2D eigenvalue weighted by molar-refractivity contribution is 7.98. The Balaban J connectivity index is 2.34. The lowest BCUT2D eigenvalue weighted by atomic mass is 10.0. The van der Waals surface area contributed by atoms with Crippen LogP contribution in [0.1, 0.15) is 51.5 Å². The molecule has 1 saturated heterocycles. The number of carbonyl (C=O) groups excluding carboxylic acids is 5. The lowest BCUT2D eigenvalue weighted by molar-refractivity contribution is -0.150. The van der Waals surface area contributed by atoms with Crippen LogP contribution in [0.3, 0.4) is 0 Å². The number of guanidine groups is 1. The predicted octanol–water partition coefficient (Wildman–Crippen LogP) is -2.27. The van der Waals surface area contributed by atoms with Crippen LogP contribution in [0, 0.1) is 5.92 Å². The summed E-state index contributed by atoms with van der Waals surface area (Å²) in [6, 6.07) is -1.30. The number of nitrogens with one attached hydrogen (secondary N) is 4. The Labute approximate surface area is 307 Å². The van der Waals surface area contributed by atoms with Crippen LogP contribution in [0.5, 0.6) is 5.75 Å². The minimum Gasteiger partial charge on any atom is -0.508 e. The van der Waals surface area contributed by atoms with E-state index in [1.165, 1.54) is 36.0 Å². The molecule has 0 unspecified atom stereocenters. The number of rotatable bonds is 21. The maximum Gasteiger partial charge on any atom is 0.326 e. The number of aliphatic hydroxyl groups excluding tert-OH is 1. The molecule has 290 valence electrons. The summed E-state index contributed by atoms with van der Waals surface area (Å²) in [5, 5.41) is 39.8. The number of carboxylic acid groups (broad SMARTS) is 1. The van der Waals surface area contributed by atoms with Crippen molar-refractivity contribution < 1.29 is 44.1 Å². The molecule has 0 spiro atoms. The molecular formula is C33H53N9O9S. The number of carbonyl (C=O) groups is 6. The Hall–Kier alpha value is -4.62. The Morgan fingerprint density at radius 3 is 2.02 bits per heavy atom. The quantitative estimate of drug-likeness (QED) is 0.0361. The molecule has 0 radical (unpaired) electrons. The number of aliphatic carboxylic acids is 1. The molecule has 1 aromatic carbocycles. The topological polar surface area (TPSA) is 305 Å². The normalized spacial score (nSPS) is 16.9. The molecule has 52 heavy (non-hydrogen) atoms. The number of likely N-dealkylation sites (tertiary alicyclic amines) is 1. The second-order valence-corrected chi connectivity index (χ2v) is 13.8. The molecule has 0 bridgehead atoms. The first kappa shape index (κ1) is 43.5. The van der Waals surface area contributed by atoms with Crippen LogP contribution in [0.15, 0.2) is 29.3 Å². The number of thioether (sulfide) groups is 1. The van der Waals surface area contributed by atoms with Gasteiger partial charge in [0.15, 0.2) is 5.96 Å². The van der Waals surface area contributed by atoms with E-state index in [2.05, 4.69) is 26.3 Å². The van der Waals surface area contributed by atoms with Gasteiger partial charge in [-0.25, -0.2) is 4.79 Å². The van der Waals surface area contributed by atoms with Gasteiger partial charge in [0, 0.05) is 19.5 Å². The van der Waals surface area contributed by atoms with Crippen molar-refractivity contribution in [3.63, 3.8) is 0 Å². The highest BCUT2D eigenvalue weighted by Crippen LogP contribution is 2.19. The number of aromatic hydroxyl groups is 1. The molecule has 13 N–H and O–H groups in total. The molecule has 19 heteroatoms. The summed E-state index contributed by atoms with van der Waals surface area (Å²) in [7, 11) is 0. The van der Waals surface area contributed by atoms with E-state index >= 15 is 0 Å². The van der Waals surface area contributed by atoms with E-state index in [4.69, 9.17) is 17.2 Å². The van der Waals surface area contributed by atoms with Gasteiger partial charge < -0.3 is 58.7 Å². The molecule has 1 fully saturated rings. The SMILES string of the molecule is CSCC[C@H](NC(=O)[C@H](CCCN=C(N)N)NC(=O)[C@@H](N)C(C)C)C(=O)N[C@@H](Cc1ccc(O)cc1)C(=O)N[C@@H](CO)C(=O)N1CCC[C@H]1C(=O)O. The minimum absolute atomic E-state index is 0.0348. The summed E-state index contributed by atoms with van der Waals surface area (Å²) in [5.74, 6) is -4.82. The molecule has 1 aromatic rings. The second kappa shape index (κ2) is 21.7. The van der Waals surface area contributed by atoms with Gasteiger partial charge >= 0.3 is 5.97 Å². The van der Waals surface area contributed by atoms with Crippen molar-refractivity contribution in [3.05, 3.63) is 29.8 Å². The van der Waals surface area contributed by atoms with Crippen LogP contribution < -0.4 is 38.5 Å². The van der Waals surface area contributed by atoms with Crippen molar-refractivity contribution in [3.8, 4) is 5.75 Å². The average Bonchev–Trinajstić information content (AvgIpc) is 3.60. The van der Waals surface area contributed by atoms with Crippen LogP contribution in [0.4, 0.5) is 0 Å². The number of hydrogen-bond donors (Lipinski definition) is 10. The van der Waals surface area contributed by atoms with E-state index < -0.39 is 78.4 Å². The van der Waals surface area contributed by atoms with E-state index in [0.29, 0.717) is 24.2 Å². The zero-order valence-corrected chi connectivity index (χ0v) is 30.6. The maximum atomic E-state index is 13.8. The number of phenols is 1. The smallest absolute Gasteiger partial charge is 0.326 e. The highest BCUT2D eigenvalue weighted by atomic mass is 32.2. The zero-order valence-electron chi connectivity index (χ0n) is 29.7. The van der Waals surface area contributed by atoms with Crippen LogP contribution >= 0.6 is 11.8 Å². The fraction of sp³-hybridized carbons (Fsp3) is 0.606. The van der Waals surface area contributed by atoms with Gasteiger partial charge in [-0.15, -0.1) is 0 Å².